The molecule has 0 aliphatic carbocycles. The SMILES string of the molecule is Cc1cnn([C@H]2CCCN(C(=O)[C@@H]3COc4ccccc4C3)C2)c1. The summed E-state index contributed by atoms with van der Waals surface area (Å²) >= 11 is 0. The third-order valence-corrected chi connectivity index (χ3v) is 5.04. The van der Waals surface area contributed by atoms with Gasteiger partial charge in [0.1, 0.15) is 12.4 Å². The molecule has 24 heavy (non-hydrogen) atoms. The number of hydrogen-bond donors (Lipinski definition) is 0. The fourth-order valence-electron chi connectivity index (χ4n) is 3.75. The number of carbonyl (C=O) groups excluding carboxylic acids is 1. The quantitative estimate of drug-likeness (QED) is 0.853. The van der Waals surface area contributed by atoms with Gasteiger partial charge in [-0.25, -0.2) is 0 Å². The molecule has 4 rings (SSSR count). The molecule has 1 amide bonds. The maximum absolute atomic E-state index is 13.0. The number of hydrogen-bond acceptors (Lipinski definition) is 3. The number of amides is 1. The Morgan fingerprint density at radius 1 is 1.33 bits per heavy atom. The number of piperidine rings is 1. The van der Waals surface area contributed by atoms with Crippen LogP contribution in [0, 0.1) is 12.8 Å². The summed E-state index contributed by atoms with van der Waals surface area (Å²) in [5, 5.41) is 4.43. The molecule has 0 radical (unpaired) electrons. The molecule has 1 aromatic carbocycles. The molecule has 0 N–H and O–H groups in total. The zero-order valence-electron chi connectivity index (χ0n) is 14.0. The largest absolute Gasteiger partial charge is 0.492 e. The monoisotopic (exact) mass is 325 g/mol. The molecule has 2 atom stereocenters. The van der Waals surface area contributed by atoms with Crippen molar-refractivity contribution in [3.05, 3.63) is 47.8 Å². The second kappa shape index (κ2) is 6.30. The molecule has 5 nitrogen and oxygen atoms in total. The standard InChI is InChI=1S/C19H23N3O2/c1-14-10-20-22(11-14)17-6-4-8-21(12-17)19(23)16-9-15-5-2-3-7-18(15)24-13-16/h2-3,5,7,10-11,16-17H,4,6,8-9,12-13H2,1H3/t16-,17-/m0/s1. The number of rotatable bonds is 2. The molecule has 1 fully saturated rings. The van der Waals surface area contributed by atoms with Crippen molar-refractivity contribution >= 4 is 5.91 Å². The van der Waals surface area contributed by atoms with Gasteiger partial charge in [0, 0.05) is 19.3 Å². The molecular weight excluding hydrogens is 302 g/mol. The van der Waals surface area contributed by atoms with Crippen LogP contribution >= 0.6 is 0 Å². The van der Waals surface area contributed by atoms with Gasteiger partial charge in [0.15, 0.2) is 0 Å². The minimum Gasteiger partial charge on any atom is -0.492 e. The molecule has 0 bridgehead atoms. The van der Waals surface area contributed by atoms with Crippen LogP contribution in [0.4, 0.5) is 0 Å². The average molecular weight is 325 g/mol. The molecule has 5 heteroatoms. The predicted octanol–water partition coefficient (Wildman–Crippen LogP) is 2.61. The van der Waals surface area contributed by atoms with Gasteiger partial charge >= 0.3 is 0 Å². The highest BCUT2D eigenvalue weighted by Crippen LogP contribution is 2.29. The molecule has 3 heterocycles. The molecule has 0 spiro atoms. The Kier molecular flexibility index (Phi) is 4.00. The van der Waals surface area contributed by atoms with E-state index < -0.39 is 0 Å². The van der Waals surface area contributed by atoms with Crippen LogP contribution in [-0.2, 0) is 11.2 Å². The Balaban J connectivity index is 1.45. The smallest absolute Gasteiger partial charge is 0.229 e. The molecule has 2 aromatic rings. The summed E-state index contributed by atoms with van der Waals surface area (Å²) in [5.41, 5.74) is 2.30. The van der Waals surface area contributed by atoms with Crippen molar-refractivity contribution in [2.24, 2.45) is 5.92 Å². The summed E-state index contributed by atoms with van der Waals surface area (Å²) in [6.07, 6.45) is 6.83. The lowest BCUT2D eigenvalue weighted by Crippen LogP contribution is -2.46. The summed E-state index contributed by atoms with van der Waals surface area (Å²) in [5.74, 6) is 1.07. The van der Waals surface area contributed by atoms with E-state index in [1.54, 1.807) is 0 Å². The van der Waals surface area contributed by atoms with Gasteiger partial charge in [-0.15, -0.1) is 0 Å². The van der Waals surface area contributed by atoms with Crippen molar-refractivity contribution in [3.63, 3.8) is 0 Å². The van der Waals surface area contributed by atoms with Gasteiger partial charge in [-0.1, -0.05) is 18.2 Å². The maximum atomic E-state index is 13.0. The van der Waals surface area contributed by atoms with Crippen molar-refractivity contribution in [3.8, 4) is 5.75 Å². The molecule has 0 saturated carbocycles. The second-order valence-electron chi connectivity index (χ2n) is 6.90. The van der Waals surface area contributed by atoms with Crippen LogP contribution in [0.5, 0.6) is 5.75 Å². The highest BCUT2D eigenvalue weighted by atomic mass is 16.5. The van der Waals surface area contributed by atoms with E-state index in [4.69, 9.17) is 4.74 Å². The topological polar surface area (TPSA) is 47.4 Å². The molecule has 126 valence electrons. The summed E-state index contributed by atoms with van der Waals surface area (Å²) in [6.45, 7) is 4.12. The third-order valence-electron chi connectivity index (χ3n) is 5.04. The van der Waals surface area contributed by atoms with E-state index in [2.05, 4.69) is 17.4 Å². The number of fused-ring (bicyclic) bond motifs is 1. The molecular formula is C19H23N3O2. The number of carbonyl (C=O) groups is 1. The number of aryl methyl sites for hydroxylation is 1. The first-order valence-corrected chi connectivity index (χ1v) is 8.71. The Morgan fingerprint density at radius 3 is 3.04 bits per heavy atom. The fraction of sp³-hybridized carbons (Fsp3) is 0.474. The molecule has 1 saturated heterocycles. The Hall–Kier alpha value is -2.30. The lowest BCUT2D eigenvalue weighted by atomic mass is 9.94. The number of para-hydroxylation sites is 1. The minimum absolute atomic E-state index is 0.0713. The van der Waals surface area contributed by atoms with Gasteiger partial charge in [-0.3, -0.25) is 9.48 Å². The molecule has 0 unspecified atom stereocenters. The Bertz CT molecular complexity index is 740. The highest BCUT2D eigenvalue weighted by Gasteiger charge is 2.32. The van der Waals surface area contributed by atoms with Gasteiger partial charge in [0.25, 0.3) is 0 Å². The van der Waals surface area contributed by atoms with E-state index >= 15 is 0 Å². The molecule has 2 aliphatic heterocycles. The summed E-state index contributed by atoms with van der Waals surface area (Å²) in [6, 6.07) is 8.30. The van der Waals surface area contributed by atoms with Crippen LogP contribution in [0.3, 0.4) is 0 Å². The van der Waals surface area contributed by atoms with Crippen molar-refractivity contribution in [1.29, 1.82) is 0 Å². The molecule has 1 aromatic heterocycles. The third kappa shape index (κ3) is 2.90. The zero-order valence-corrected chi connectivity index (χ0v) is 14.0. The lowest BCUT2D eigenvalue weighted by Gasteiger charge is -2.36. The van der Waals surface area contributed by atoms with Crippen LogP contribution in [0.25, 0.3) is 0 Å². The van der Waals surface area contributed by atoms with Gasteiger partial charge in [-0.2, -0.15) is 5.10 Å². The van der Waals surface area contributed by atoms with Gasteiger partial charge in [-0.05, 0) is 43.4 Å². The van der Waals surface area contributed by atoms with Crippen molar-refractivity contribution < 1.29 is 9.53 Å². The number of aromatic nitrogens is 2. The van der Waals surface area contributed by atoms with E-state index in [0.29, 0.717) is 6.61 Å². The van der Waals surface area contributed by atoms with Crippen LogP contribution in [0.15, 0.2) is 36.7 Å². The number of nitrogens with zero attached hydrogens (tertiary/aromatic N) is 3. The van der Waals surface area contributed by atoms with Crippen LogP contribution in [0.1, 0.15) is 30.0 Å². The lowest BCUT2D eigenvalue weighted by molar-refractivity contribution is -0.138. The van der Waals surface area contributed by atoms with Crippen molar-refractivity contribution in [2.45, 2.75) is 32.2 Å². The highest BCUT2D eigenvalue weighted by molar-refractivity contribution is 5.80. The van der Waals surface area contributed by atoms with Crippen molar-refractivity contribution in [2.75, 3.05) is 19.7 Å². The van der Waals surface area contributed by atoms with Gasteiger partial charge < -0.3 is 9.64 Å². The van der Waals surface area contributed by atoms with Gasteiger partial charge in [0.05, 0.1) is 18.2 Å². The fourth-order valence-corrected chi connectivity index (χ4v) is 3.75. The second-order valence-corrected chi connectivity index (χ2v) is 6.90. The van der Waals surface area contributed by atoms with Crippen molar-refractivity contribution in [1.82, 2.24) is 14.7 Å². The minimum atomic E-state index is -0.0713. The molecule has 2 aliphatic rings. The van der Waals surface area contributed by atoms with E-state index in [-0.39, 0.29) is 17.9 Å². The first kappa shape index (κ1) is 15.2. The zero-order chi connectivity index (χ0) is 16.5. The van der Waals surface area contributed by atoms with Gasteiger partial charge in [0.2, 0.25) is 5.91 Å². The normalized spacial score (nSPS) is 23.5. The predicted molar refractivity (Wildman–Crippen MR) is 90.9 cm³/mol. The van der Waals surface area contributed by atoms with E-state index in [9.17, 15) is 4.79 Å². The number of ether oxygens (including phenoxy) is 1. The van der Waals surface area contributed by atoms with E-state index in [1.807, 2.05) is 40.9 Å². The van der Waals surface area contributed by atoms with E-state index in [0.717, 1.165) is 49.2 Å². The first-order chi connectivity index (χ1) is 11.7. The summed E-state index contributed by atoms with van der Waals surface area (Å²) < 4.78 is 7.81. The van der Waals surface area contributed by atoms with E-state index in [1.165, 1.54) is 0 Å². The van der Waals surface area contributed by atoms with Crippen LogP contribution in [0.2, 0.25) is 0 Å². The average Bonchev–Trinajstić information content (AvgIpc) is 3.07. The Morgan fingerprint density at radius 2 is 2.21 bits per heavy atom. The number of likely N-dealkylation sites (tertiary alicyclic amines) is 1. The summed E-state index contributed by atoms with van der Waals surface area (Å²) in [7, 11) is 0. The Labute approximate surface area is 142 Å². The summed E-state index contributed by atoms with van der Waals surface area (Å²) in [4.78, 5) is 15.0. The number of benzene rings is 1. The maximum Gasteiger partial charge on any atom is 0.229 e. The first-order valence-electron chi connectivity index (χ1n) is 8.71. The van der Waals surface area contributed by atoms with Crippen LogP contribution in [-0.4, -0.2) is 40.3 Å². The van der Waals surface area contributed by atoms with Crippen LogP contribution < -0.4 is 4.74 Å².